The fraction of sp³-hybridized carbons (Fsp3) is 0. The van der Waals surface area contributed by atoms with Crippen LogP contribution in [0.25, 0.3) is 0 Å². The molecule has 0 saturated heterocycles. The summed E-state index contributed by atoms with van der Waals surface area (Å²) in [5.74, 6) is 0.400. The molecule has 4 nitrogen and oxygen atoms in total. The summed E-state index contributed by atoms with van der Waals surface area (Å²) in [4.78, 5) is 0.560. The summed E-state index contributed by atoms with van der Waals surface area (Å²) in [6, 6.07) is 0. The van der Waals surface area contributed by atoms with Crippen LogP contribution in [0.4, 0.5) is 5.82 Å². The van der Waals surface area contributed by atoms with Gasteiger partial charge in [0, 0.05) is 12.0 Å². The third kappa shape index (κ3) is 0.775. The fourth-order valence-electron chi connectivity index (χ4n) is 0.358. The van der Waals surface area contributed by atoms with E-state index >= 15 is 0 Å². The van der Waals surface area contributed by atoms with E-state index in [1.807, 2.05) is 0 Å². The molecule has 0 aliphatic heterocycles. The van der Waals surface area contributed by atoms with Crippen LogP contribution in [0.1, 0.15) is 0 Å². The number of rotatable bonds is 1. The normalized spacial score (nSPS) is 9.62. The number of H-pyrrole nitrogens is 1. The van der Waals surface area contributed by atoms with Crippen molar-refractivity contribution in [1.29, 1.82) is 0 Å². The Morgan fingerprint density at radius 2 is 2.62 bits per heavy atom. The minimum atomic E-state index is 0.400. The van der Waals surface area contributed by atoms with E-state index < -0.39 is 0 Å². The predicted octanol–water partition coefficient (Wildman–Crippen LogP) is 0.557. The molecular weight excluding hydrogens is 126 g/mol. The lowest BCUT2D eigenvalue weighted by atomic mass is 10.7. The zero-order valence-corrected chi connectivity index (χ0v) is 4.77. The van der Waals surface area contributed by atoms with Gasteiger partial charge in [-0.05, 0) is 0 Å². The van der Waals surface area contributed by atoms with Crippen LogP contribution in [0.2, 0.25) is 0 Å². The standard InChI is InChI=1S/C3H5N3OS/c4-3-2(8-7)1-5-6-3/h1,7H,(H3,4,5,6). The number of anilines is 1. The highest BCUT2D eigenvalue weighted by Crippen LogP contribution is 2.17. The van der Waals surface area contributed by atoms with Crippen molar-refractivity contribution in [2.45, 2.75) is 4.90 Å². The third-order valence-corrected chi connectivity index (χ3v) is 1.25. The van der Waals surface area contributed by atoms with Crippen LogP contribution in [0.15, 0.2) is 11.1 Å². The first kappa shape index (κ1) is 5.46. The highest BCUT2D eigenvalue weighted by atomic mass is 32.2. The number of aromatic amines is 1. The van der Waals surface area contributed by atoms with Crippen LogP contribution in [0.5, 0.6) is 0 Å². The van der Waals surface area contributed by atoms with Gasteiger partial charge >= 0.3 is 0 Å². The van der Waals surface area contributed by atoms with Crippen LogP contribution < -0.4 is 5.73 Å². The first-order chi connectivity index (χ1) is 3.84. The first-order valence-corrected chi connectivity index (χ1v) is 2.72. The van der Waals surface area contributed by atoms with Crippen molar-refractivity contribution in [2.75, 3.05) is 5.73 Å². The summed E-state index contributed by atoms with van der Waals surface area (Å²) in [6.07, 6.45) is 1.46. The first-order valence-electron chi connectivity index (χ1n) is 1.95. The van der Waals surface area contributed by atoms with Crippen molar-refractivity contribution in [3.63, 3.8) is 0 Å². The second-order valence-corrected chi connectivity index (χ2v) is 1.86. The van der Waals surface area contributed by atoms with Gasteiger partial charge in [0.1, 0.15) is 5.82 Å². The Balaban J connectivity index is 2.92. The number of nitrogens with one attached hydrogen (secondary N) is 1. The summed E-state index contributed by atoms with van der Waals surface area (Å²) in [6.45, 7) is 0. The molecule has 4 N–H and O–H groups in total. The Morgan fingerprint density at radius 1 is 1.88 bits per heavy atom. The lowest BCUT2D eigenvalue weighted by molar-refractivity contribution is 0.664. The van der Waals surface area contributed by atoms with Crippen LogP contribution in [-0.2, 0) is 0 Å². The summed E-state index contributed by atoms with van der Waals surface area (Å²) in [5.41, 5.74) is 5.25. The van der Waals surface area contributed by atoms with Gasteiger partial charge in [0.15, 0.2) is 0 Å². The topological polar surface area (TPSA) is 74.9 Å². The largest absolute Gasteiger partial charge is 0.383 e. The van der Waals surface area contributed by atoms with Gasteiger partial charge in [-0.25, -0.2) is 0 Å². The quantitative estimate of drug-likeness (QED) is 0.487. The molecule has 0 fully saturated rings. The molecule has 0 bridgehead atoms. The number of hydrogen-bond donors (Lipinski definition) is 3. The second kappa shape index (κ2) is 2.06. The minimum absolute atomic E-state index is 0.400. The van der Waals surface area contributed by atoms with E-state index in [4.69, 9.17) is 10.3 Å². The molecule has 5 heteroatoms. The Kier molecular flexibility index (Phi) is 1.40. The average molecular weight is 131 g/mol. The van der Waals surface area contributed by atoms with E-state index in [1.54, 1.807) is 0 Å². The zero-order chi connectivity index (χ0) is 5.98. The second-order valence-electron chi connectivity index (χ2n) is 1.24. The molecule has 1 rings (SSSR count). The summed E-state index contributed by atoms with van der Waals surface area (Å²) in [7, 11) is 0. The maximum atomic E-state index is 8.38. The van der Waals surface area contributed by atoms with Crippen molar-refractivity contribution in [3.8, 4) is 0 Å². The van der Waals surface area contributed by atoms with Crippen LogP contribution in [-0.4, -0.2) is 14.8 Å². The molecule has 0 spiro atoms. The Labute approximate surface area is 50.3 Å². The molecule has 44 valence electrons. The molecule has 0 saturated carbocycles. The number of nitrogens with two attached hydrogens (primary N) is 1. The molecule has 8 heavy (non-hydrogen) atoms. The maximum absolute atomic E-state index is 8.38. The summed E-state index contributed by atoms with van der Waals surface area (Å²) in [5, 5.41) is 6.03. The Hall–Kier alpha value is -0.680. The molecule has 1 aromatic heterocycles. The van der Waals surface area contributed by atoms with Crippen LogP contribution >= 0.6 is 12.0 Å². The van der Waals surface area contributed by atoms with E-state index in [9.17, 15) is 0 Å². The van der Waals surface area contributed by atoms with Gasteiger partial charge in [-0.2, -0.15) is 5.10 Å². The molecule has 1 heterocycles. The Morgan fingerprint density at radius 3 is 2.88 bits per heavy atom. The Bertz CT molecular complexity index is 175. The average Bonchev–Trinajstić information content (AvgIpc) is 2.14. The van der Waals surface area contributed by atoms with Crippen molar-refractivity contribution in [1.82, 2.24) is 10.2 Å². The molecule has 0 radical (unpaired) electrons. The van der Waals surface area contributed by atoms with Crippen molar-refractivity contribution < 1.29 is 4.55 Å². The van der Waals surface area contributed by atoms with Gasteiger partial charge < -0.3 is 10.3 Å². The number of nitrogens with zero attached hydrogens (tertiary/aromatic N) is 1. The molecule has 0 aliphatic carbocycles. The number of aromatic nitrogens is 2. The molecule has 0 unspecified atom stereocenters. The minimum Gasteiger partial charge on any atom is -0.383 e. The van der Waals surface area contributed by atoms with Crippen LogP contribution in [0, 0.1) is 0 Å². The van der Waals surface area contributed by atoms with E-state index in [1.165, 1.54) is 6.20 Å². The van der Waals surface area contributed by atoms with Crippen LogP contribution in [0.3, 0.4) is 0 Å². The van der Waals surface area contributed by atoms with Gasteiger partial charge in [0.2, 0.25) is 0 Å². The van der Waals surface area contributed by atoms with E-state index in [2.05, 4.69) is 10.2 Å². The van der Waals surface area contributed by atoms with E-state index in [-0.39, 0.29) is 0 Å². The SMILES string of the molecule is Nc1[nH]ncc1SO. The lowest BCUT2D eigenvalue weighted by Gasteiger charge is -1.84. The zero-order valence-electron chi connectivity index (χ0n) is 3.96. The molecular formula is C3H5N3OS. The lowest BCUT2D eigenvalue weighted by Crippen LogP contribution is -1.84. The summed E-state index contributed by atoms with van der Waals surface area (Å²) >= 11 is 0.583. The summed E-state index contributed by atoms with van der Waals surface area (Å²) < 4.78 is 8.38. The molecule has 0 aromatic carbocycles. The monoisotopic (exact) mass is 131 g/mol. The molecule has 1 aromatic rings. The van der Waals surface area contributed by atoms with E-state index in [0.717, 1.165) is 0 Å². The van der Waals surface area contributed by atoms with Crippen molar-refractivity contribution >= 4 is 17.9 Å². The van der Waals surface area contributed by atoms with Gasteiger partial charge in [0.05, 0.1) is 11.1 Å². The smallest absolute Gasteiger partial charge is 0.135 e. The van der Waals surface area contributed by atoms with Gasteiger partial charge in [0.25, 0.3) is 0 Å². The molecule has 0 amide bonds. The van der Waals surface area contributed by atoms with Gasteiger partial charge in [-0.3, -0.25) is 5.10 Å². The maximum Gasteiger partial charge on any atom is 0.135 e. The highest BCUT2D eigenvalue weighted by Gasteiger charge is 1.96. The number of hydrogen-bond acceptors (Lipinski definition) is 4. The molecule has 0 aliphatic rings. The van der Waals surface area contributed by atoms with Crippen molar-refractivity contribution in [3.05, 3.63) is 6.20 Å². The van der Waals surface area contributed by atoms with Gasteiger partial charge in [-0.15, -0.1) is 0 Å². The third-order valence-electron chi connectivity index (χ3n) is 0.731. The van der Waals surface area contributed by atoms with Crippen molar-refractivity contribution in [2.24, 2.45) is 0 Å². The van der Waals surface area contributed by atoms with Gasteiger partial charge in [-0.1, -0.05) is 0 Å². The predicted molar refractivity (Wildman–Crippen MR) is 31.5 cm³/mol. The fourth-order valence-corrected chi connectivity index (χ4v) is 0.602. The molecule has 0 atom stereocenters. The number of nitrogen functional groups attached to an aromatic ring is 1. The van der Waals surface area contributed by atoms with E-state index in [0.29, 0.717) is 22.8 Å². The highest BCUT2D eigenvalue weighted by molar-refractivity contribution is 7.94.